The zero-order valence-electron chi connectivity index (χ0n) is 14.4. The Morgan fingerprint density at radius 3 is 2.48 bits per heavy atom. The molecule has 1 aliphatic heterocycles. The van der Waals surface area contributed by atoms with Gasteiger partial charge in [0.25, 0.3) is 10.1 Å². The molecule has 0 radical (unpaired) electrons. The summed E-state index contributed by atoms with van der Waals surface area (Å²) in [6, 6.07) is 0. The van der Waals surface area contributed by atoms with Gasteiger partial charge in [0, 0.05) is 18.9 Å². The van der Waals surface area contributed by atoms with E-state index >= 15 is 0 Å². The van der Waals surface area contributed by atoms with Crippen molar-refractivity contribution in [3.63, 3.8) is 0 Å². The molecule has 0 aromatic rings. The van der Waals surface area contributed by atoms with Gasteiger partial charge in [-0.3, -0.25) is 4.18 Å². The Morgan fingerprint density at radius 1 is 1.52 bits per heavy atom. The second-order valence-electron chi connectivity index (χ2n) is 6.42. The zero-order chi connectivity index (χ0) is 18.0. The number of alkyl halides is 1. The van der Waals surface area contributed by atoms with Crippen LogP contribution in [0.5, 0.6) is 0 Å². The molecule has 1 fully saturated rings. The molecule has 0 aliphatic carbocycles. The molecule has 0 aromatic heterocycles. The molecule has 1 aliphatic rings. The third-order valence-corrected chi connectivity index (χ3v) is 6.46. The third-order valence-electron chi connectivity index (χ3n) is 4.16. The van der Waals surface area contributed by atoms with Gasteiger partial charge in [-0.25, -0.2) is 0 Å². The van der Waals surface area contributed by atoms with E-state index in [1.54, 1.807) is 20.1 Å². The highest BCUT2D eigenvalue weighted by Crippen LogP contribution is 2.45. The molecule has 0 spiro atoms. The highest BCUT2D eigenvalue weighted by molar-refractivity contribution is 9.09. The largest absolute Gasteiger partial charge is 0.392 e. The van der Waals surface area contributed by atoms with Gasteiger partial charge in [-0.05, 0) is 13.8 Å². The predicted octanol–water partition coefficient (Wildman–Crippen LogP) is 2.07. The summed E-state index contributed by atoms with van der Waals surface area (Å²) in [5.74, 6) is -0.268. The van der Waals surface area contributed by atoms with E-state index in [1.165, 1.54) is 0 Å². The number of aliphatic hydroxyl groups is 1. The maximum Gasteiger partial charge on any atom is 0.264 e. The quantitative estimate of drug-likeness (QED) is 0.390. The minimum atomic E-state index is -3.68. The monoisotopic (exact) mass is 414 g/mol. The summed E-state index contributed by atoms with van der Waals surface area (Å²) in [4.78, 5) is -0.156. The highest BCUT2D eigenvalue weighted by atomic mass is 79.9. The fourth-order valence-electron chi connectivity index (χ4n) is 3.05. The Hall–Kier alpha value is 0.01000. The predicted molar refractivity (Wildman–Crippen MR) is 91.9 cm³/mol. The van der Waals surface area contributed by atoms with Gasteiger partial charge in [0.1, 0.15) is 11.7 Å². The van der Waals surface area contributed by atoms with Crippen molar-refractivity contribution in [2.45, 2.75) is 50.5 Å². The van der Waals surface area contributed by atoms with Crippen LogP contribution >= 0.6 is 15.9 Å². The maximum absolute atomic E-state index is 11.7. The lowest BCUT2D eigenvalue weighted by atomic mass is 9.84. The van der Waals surface area contributed by atoms with E-state index in [-0.39, 0.29) is 23.3 Å². The number of ether oxygens (including phenoxy) is 2. The van der Waals surface area contributed by atoms with Gasteiger partial charge >= 0.3 is 0 Å². The van der Waals surface area contributed by atoms with Crippen molar-refractivity contribution >= 4 is 26.0 Å². The zero-order valence-corrected chi connectivity index (χ0v) is 16.8. The van der Waals surface area contributed by atoms with Crippen molar-refractivity contribution in [2.24, 2.45) is 11.8 Å². The van der Waals surface area contributed by atoms with Crippen LogP contribution in [0.2, 0.25) is 0 Å². The molecule has 0 amide bonds. The van der Waals surface area contributed by atoms with Crippen LogP contribution in [0.4, 0.5) is 0 Å². The molecule has 6 nitrogen and oxygen atoms in total. The topological polar surface area (TPSA) is 82.1 Å². The van der Waals surface area contributed by atoms with Gasteiger partial charge < -0.3 is 14.6 Å². The van der Waals surface area contributed by atoms with Gasteiger partial charge in [0.2, 0.25) is 0 Å². The molecular weight excluding hydrogens is 388 g/mol. The average Bonchev–Trinajstić information content (AvgIpc) is 2.68. The van der Waals surface area contributed by atoms with Crippen LogP contribution in [0.25, 0.3) is 0 Å². The minimum absolute atomic E-state index is 0.0192. The van der Waals surface area contributed by atoms with Crippen molar-refractivity contribution in [1.82, 2.24) is 0 Å². The van der Waals surface area contributed by atoms with E-state index in [1.807, 2.05) is 20.8 Å². The van der Waals surface area contributed by atoms with Crippen LogP contribution in [-0.2, 0) is 23.8 Å². The standard InChI is InChI=1S/C15H27BrO6S/c1-9(8-17)7-10(2)13(22-23(6,18)19)15(4)12(16)11(3)14(20-5)21-15/h7,10-14,17H,8H2,1-6H3/b9-7+/t10-,11+,12+,13+,14+,15+/m0/s1. The maximum atomic E-state index is 11.7. The summed E-state index contributed by atoms with van der Waals surface area (Å²) >= 11 is 3.62. The molecule has 0 unspecified atom stereocenters. The fourth-order valence-corrected chi connectivity index (χ4v) is 4.41. The van der Waals surface area contributed by atoms with E-state index < -0.39 is 28.1 Å². The van der Waals surface area contributed by atoms with Crippen LogP contribution in [0, 0.1) is 11.8 Å². The van der Waals surface area contributed by atoms with Gasteiger partial charge in [-0.2, -0.15) is 8.42 Å². The summed E-state index contributed by atoms with van der Waals surface area (Å²) in [6.45, 7) is 7.31. The Morgan fingerprint density at radius 2 is 2.09 bits per heavy atom. The van der Waals surface area contributed by atoms with E-state index in [0.29, 0.717) is 0 Å². The third kappa shape index (κ3) is 4.99. The van der Waals surface area contributed by atoms with Gasteiger partial charge in [-0.15, -0.1) is 0 Å². The van der Waals surface area contributed by atoms with Gasteiger partial charge in [0.05, 0.1) is 17.7 Å². The Kier molecular flexibility index (Phi) is 7.26. The van der Waals surface area contributed by atoms with Crippen LogP contribution in [-0.4, -0.2) is 56.3 Å². The van der Waals surface area contributed by atoms with Crippen LogP contribution in [0.1, 0.15) is 27.7 Å². The molecule has 6 atom stereocenters. The lowest BCUT2D eigenvalue weighted by Crippen LogP contribution is -2.51. The van der Waals surface area contributed by atoms with E-state index in [0.717, 1.165) is 11.8 Å². The second kappa shape index (κ2) is 7.93. The SMILES string of the molecule is CO[C@@H]1O[C@@](C)([C@H](OS(C)(=O)=O)[C@@H](C)/C=C(\C)CO)[C@H](Br)[C@H]1C. The molecule has 0 bridgehead atoms. The minimum Gasteiger partial charge on any atom is -0.392 e. The van der Waals surface area contributed by atoms with Crippen molar-refractivity contribution in [3.05, 3.63) is 11.6 Å². The van der Waals surface area contributed by atoms with E-state index in [4.69, 9.17) is 13.7 Å². The number of aliphatic hydroxyl groups excluding tert-OH is 1. The number of methoxy groups -OCH3 is 1. The molecular formula is C15H27BrO6S. The molecule has 136 valence electrons. The molecule has 1 rings (SSSR count). The van der Waals surface area contributed by atoms with Crippen molar-refractivity contribution in [1.29, 1.82) is 0 Å². The van der Waals surface area contributed by atoms with Crippen molar-refractivity contribution in [2.75, 3.05) is 20.0 Å². The van der Waals surface area contributed by atoms with Crippen LogP contribution in [0.15, 0.2) is 11.6 Å². The summed E-state index contributed by atoms with van der Waals surface area (Å²) < 4.78 is 40.2. The molecule has 1 saturated heterocycles. The lowest BCUT2D eigenvalue weighted by Gasteiger charge is -2.38. The fraction of sp³-hybridized carbons (Fsp3) is 0.867. The summed E-state index contributed by atoms with van der Waals surface area (Å²) in [5, 5.41) is 9.21. The summed E-state index contributed by atoms with van der Waals surface area (Å²) in [5.41, 5.74) is -0.168. The number of hydrogen-bond donors (Lipinski definition) is 1. The Bertz CT molecular complexity index is 534. The molecule has 8 heteroatoms. The molecule has 1 N–H and O–H groups in total. The Balaban J connectivity index is 3.23. The number of hydrogen-bond acceptors (Lipinski definition) is 6. The lowest BCUT2D eigenvalue weighted by molar-refractivity contribution is -0.186. The van der Waals surface area contributed by atoms with Gasteiger partial charge in [-0.1, -0.05) is 41.4 Å². The first-order valence-corrected chi connectivity index (χ1v) is 10.2. The summed E-state index contributed by atoms with van der Waals surface area (Å²) in [6.07, 6.45) is 1.61. The van der Waals surface area contributed by atoms with E-state index in [2.05, 4.69) is 15.9 Å². The number of rotatable bonds is 7. The highest BCUT2D eigenvalue weighted by Gasteiger charge is 2.56. The van der Waals surface area contributed by atoms with Crippen LogP contribution in [0.3, 0.4) is 0 Å². The molecule has 0 aromatic carbocycles. The van der Waals surface area contributed by atoms with Crippen molar-refractivity contribution in [3.8, 4) is 0 Å². The van der Waals surface area contributed by atoms with Gasteiger partial charge in [0.15, 0.2) is 6.29 Å². The first-order chi connectivity index (χ1) is 10.5. The van der Waals surface area contributed by atoms with Crippen molar-refractivity contribution < 1.29 is 27.2 Å². The van der Waals surface area contributed by atoms with E-state index in [9.17, 15) is 13.5 Å². The second-order valence-corrected chi connectivity index (χ2v) is 9.01. The first kappa shape index (κ1) is 21.1. The smallest absolute Gasteiger partial charge is 0.264 e. The first-order valence-electron chi connectivity index (χ1n) is 7.47. The summed E-state index contributed by atoms with van der Waals surface area (Å²) in [7, 11) is -2.13. The number of halogens is 1. The van der Waals surface area contributed by atoms with Crippen LogP contribution < -0.4 is 0 Å². The molecule has 0 saturated carbocycles. The molecule has 1 heterocycles. The Labute approximate surface area is 147 Å². The average molecular weight is 415 g/mol. The molecule has 23 heavy (non-hydrogen) atoms. The normalized spacial score (nSPS) is 35.3.